The Morgan fingerprint density at radius 1 is 1.21 bits per heavy atom. The molecule has 8 heteroatoms. The number of fused-ring (bicyclic) bond motifs is 4. The lowest BCUT2D eigenvalue weighted by molar-refractivity contribution is -0.162. The molecular weight excluding hydrogens is 366 g/mol. The molecular formula is C20H22F2N4O2. The van der Waals surface area contributed by atoms with Crippen molar-refractivity contribution in [2.45, 2.75) is 37.6 Å². The lowest BCUT2D eigenvalue weighted by Gasteiger charge is -2.45. The lowest BCUT2D eigenvalue weighted by Crippen LogP contribution is -2.53. The molecule has 4 heterocycles. The van der Waals surface area contributed by atoms with Crippen molar-refractivity contribution in [3.8, 4) is 11.4 Å². The van der Waals surface area contributed by atoms with Gasteiger partial charge in [-0.2, -0.15) is 0 Å². The van der Waals surface area contributed by atoms with Gasteiger partial charge in [-0.05, 0) is 24.5 Å². The molecule has 1 saturated heterocycles. The van der Waals surface area contributed by atoms with E-state index in [9.17, 15) is 18.4 Å². The van der Waals surface area contributed by atoms with Gasteiger partial charge in [-0.1, -0.05) is 0 Å². The maximum absolute atomic E-state index is 13.2. The highest BCUT2D eigenvalue weighted by Crippen LogP contribution is 2.44. The average molecular weight is 388 g/mol. The highest BCUT2D eigenvalue weighted by molar-refractivity contribution is 5.80. The first-order valence-corrected chi connectivity index (χ1v) is 9.70. The molecule has 1 amide bonds. The summed E-state index contributed by atoms with van der Waals surface area (Å²) in [5.74, 6) is -2.51. The molecule has 0 spiro atoms. The summed E-state index contributed by atoms with van der Waals surface area (Å²) in [5, 5.41) is 0. The molecule has 2 aromatic rings. The Labute approximate surface area is 160 Å². The number of carbonyl (C=O) groups is 1. The number of hydrogen-bond acceptors (Lipinski definition) is 3. The van der Waals surface area contributed by atoms with Gasteiger partial charge in [0.1, 0.15) is 5.82 Å². The second-order valence-electron chi connectivity index (χ2n) is 8.45. The fraction of sp³-hybridized carbons (Fsp3) is 0.550. The number of alkyl halides is 2. The van der Waals surface area contributed by atoms with Crippen LogP contribution in [0.2, 0.25) is 0 Å². The van der Waals surface area contributed by atoms with Crippen molar-refractivity contribution in [1.82, 2.24) is 19.0 Å². The Morgan fingerprint density at radius 2 is 2.00 bits per heavy atom. The smallest absolute Gasteiger partial charge is 0.261 e. The topological polar surface area (TPSA) is 60.1 Å². The molecule has 2 aromatic heterocycles. The second kappa shape index (κ2) is 5.99. The highest BCUT2D eigenvalue weighted by atomic mass is 19.3. The molecule has 148 valence electrons. The molecule has 2 fully saturated rings. The third-order valence-electron chi connectivity index (χ3n) is 6.42. The van der Waals surface area contributed by atoms with Gasteiger partial charge >= 0.3 is 0 Å². The zero-order chi connectivity index (χ0) is 19.6. The van der Waals surface area contributed by atoms with E-state index in [-0.39, 0.29) is 36.1 Å². The van der Waals surface area contributed by atoms with Crippen molar-refractivity contribution < 1.29 is 13.6 Å². The van der Waals surface area contributed by atoms with E-state index < -0.39 is 11.8 Å². The number of rotatable bonds is 2. The molecule has 0 aromatic carbocycles. The van der Waals surface area contributed by atoms with E-state index in [4.69, 9.17) is 0 Å². The summed E-state index contributed by atoms with van der Waals surface area (Å²) in [5.41, 5.74) is 1.44. The van der Waals surface area contributed by atoms with Gasteiger partial charge in [0.2, 0.25) is 11.8 Å². The molecule has 0 unspecified atom stereocenters. The van der Waals surface area contributed by atoms with Crippen LogP contribution < -0.4 is 5.56 Å². The first-order valence-electron chi connectivity index (χ1n) is 9.70. The highest BCUT2D eigenvalue weighted by Gasteiger charge is 2.50. The molecule has 3 aliphatic rings. The van der Waals surface area contributed by atoms with E-state index in [0.29, 0.717) is 31.0 Å². The number of hydrogen-bond donors (Lipinski definition) is 0. The number of likely N-dealkylation sites (tertiary alicyclic amines) is 1. The Hall–Kier alpha value is -2.51. The Morgan fingerprint density at radius 3 is 2.68 bits per heavy atom. The first kappa shape index (κ1) is 17.6. The number of carbonyl (C=O) groups excluding carboxylic acids is 1. The van der Waals surface area contributed by atoms with Crippen molar-refractivity contribution in [2.24, 2.45) is 18.9 Å². The van der Waals surface area contributed by atoms with Crippen LogP contribution in [-0.4, -0.2) is 43.9 Å². The zero-order valence-corrected chi connectivity index (χ0v) is 15.6. The van der Waals surface area contributed by atoms with Crippen molar-refractivity contribution >= 4 is 5.91 Å². The van der Waals surface area contributed by atoms with Crippen LogP contribution >= 0.6 is 0 Å². The number of aromatic nitrogens is 3. The number of piperidine rings is 1. The second-order valence-corrected chi connectivity index (χ2v) is 8.45. The summed E-state index contributed by atoms with van der Waals surface area (Å²) < 4.78 is 30.0. The SMILES string of the molecule is Cn1ccnc1-c1ccc2n(c1=O)C[C@H]1C[C@@H]2CN(C(=O)C2CC(F)(F)C2)C1. The predicted octanol–water partition coefficient (Wildman–Crippen LogP) is 2.24. The average Bonchev–Trinajstić information content (AvgIpc) is 3.05. The van der Waals surface area contributed by atoms with Crippen LogP contribution in [0.25, 0.3) is 11.4 Å². The van der Waals surface area contributed by atoms with Crippen LogP contribution in [0.1, 0.15) is 30.9 Å². The maximum Gasteiger partial charge on any atom is 0.261 e. The van der Waals surface area contributed by atoms with Gasteiger partial charge in [-0.3, -0.25) is 9.59 Å². The van der Waals surface area contributed by atoms with E-state index in [1.54, 1.807) is 17.3 Å². The Balaban J connectivity index is 1.42. The largest absolute Gasteiger partial charge is 0.341 e. The van der Waals surface area contributed by atoms with Gasteiger partial charge in [-0.25, -0.2) is 13.8 Å². The van der Waals surface area contributed by atoms with Crippen LogP contribution in [0.4, 0.5) is 8.78 Å². The number of nitrogens with zero attached hydrogens (tertiary/aromatic N) is 4. The third-order valence-corrected chi connectivity index (χ3v) is 6.42. The number of pyridine rings is 1. The lowest BCUT2D eigenvalue weighted by atomic mass is 9.78. The third kappa shape index (κ3) is 2.69. The van der Waals surface area contributed by atoms with Gasteiger partial charge in [-0.15, -0.1) is 0 Å². The van der Waals surface area contributed by atoms with Gasteiger partial charge < -0.3 is 14.0 Å². The molecule has 1 aliphatic carbocycles. The molecule has 6 nitrogen and oxygen atoms in total. The molecule has 28 heavy (non-hydrogen) atoms. The van der Waals surface area contributed by atoms with Crippen molar-refractivity contribution in [3.63, 3.8) is 0 Å². The Kier molecular flexibility index (Phi) is 3.76. The number of aryl methyl sites for hydroxylation is 1. The molecule has 0 N–H and O–H groups in total. The summed E-state index contributed by atoms with van der Waals surface area (Å²) in [4.78, 5) is 31.8. The monoisotopic (exact) mass is 388 g/mol. The first-order chi connectivity index (χ1) is 13.3. The van der Waals surface area contributed by atoms with Crippen molar-refractivity contribution in [1.29, 1.82) is 0 Å². The van der Waals surface area contributed by atoms with E-state index in [0.717, 1.165) is 12.1 Å². The standard InChI is InChI=1S/C20H22F2N4O2/c1-24-5-4-23-17(24)15-2-3-16-13-6-12(10-26(16)19(15)28)9-25(11-13)18(27)14-7-20(21,22)8-14/h2-5,12-14H,6-11H2,1H3/t12-,13+/m0/s1. The fourth-order valence-electron chi connectivity index (χ4n) is 5.02. The summed E-state index contributed by atoms with van der Waals surface area (Å²) in [6.07, 6.45) is 3.73. The number of amides is 1. The van der Waals surface area contributed by atoms with Crippen LogP contribution in [0, 0.1) is 11.8 Å². The molecule has 2 bridgehead atoms. The zero-order valence-electron chi connectivity index (χ0n) is 15.6. The minimum Gasteiger partial charge on any atom is -0.341 e. The summed E-state index contributed by atoms with van der Waals surface area (Å²) >= 11 is 0. The molecule has 0 radical (unpaired) electrons. The fourth-order valence-corrected chi connectivity index (χ4v) is 5.02. The summed E-state index contributed by atoms with van der Waals surface area (Å²) in [7, 11) is 1.86. The van der Waals surface area contributed by atoms with Gasteiger partial charge in [0.05, 0.1) is 5.56 Å². The molecule has 2 aliphatic heterocycles. The van der Waals surface area contributed by atoms with E-state index in [1.807, 2.05) is 28.3 Å². The Bertz CT molecular complexity index is 1000. The van der Waals surface area contributed by atoms with Crippen LogP contribution in [-0.2, 0) is 18.4 Å². The quantitative estimate of drug-likeness (QED) is 0.793. The summed E-state index contributed by atoms with van der Waals surface area (Å²) in [6, 6.07) is 3.77. The van der Waals surface area contributed by atoms with Crippen LogP contribution in [0.5, 0.6) is 0 Å². The summed E-state index contributed by atoms with van der Waals surface area (Å²) in [6.45, 7) is 1.59. The maximum atomic E-state index is 13.2. The predicted molar refractivity (Wildman–Crippen MR) is 98.0 cm³/mol. The van der Waals surface area contributed by atoms with Gasteiger partial charge in [0, 0.05) is 69.4 Å². The number of imidazole rings is 1. The minimum absolute atomic E-state index is 0.0556. The van der Waals surface area contributed by atoms with Gasteiger partial charge in [0.15, 0.2) is 0 Å². The molecule has 2 atom stereocenters. The number of halogens is 2. The van der Waals surface area contributed by atoms with E-state index in [1.165, 1.54) is 0 Å². The van der Waals surface area contributed by atoms with Gasteiger partial charge in [0.25, 0.3) is 5.56 Å². The van der Waals surface area contributed by atoms with Crippen LogP contribution in [0.15, 0.2) is 29.3 Å². The van der Waals surface area contributed by atoms with Crippen LogP contribution in [0.3, 0.4) is 0 Å². The van der Waals surface area contributed by atoms with Crippen molar-refractivity contribution in [2.75, 3.05) is 13.1 Å². The molecule has 5 rings (SSSR count). The molecule has 1 saturated carbocycles. The normalized spacial score (nSPS) is 25.9. The van der Waals surface area contributed by atoms with E-state index >= 15 is 0 Å². The minimum atomic E-state index is -2.69. The van der Waals surface area contributed by atoms with Crippen molar-refractivity contribution in [3.05, 3.63) is 40.6 Å². The van der Waals surface area contributed by atoms with E-state index in [2.05, 4.69) is 4.98 Å².